The topological polar surface area (TPSA) is 78.2 Å². The highest BCUT2D eigenvalue weighted by Gasteiger charge is 2.00. The minimum Gasteiger partial charge on any atom is -0.755 e. The van der Waals surface area contributed by atoms with Crippen LogP contribution < -0.4 is 10.5 Å². The molecule has 13 heavy (non-hydrogen) atoms. The monoisotopic (exact) mass is 199 g/mol. The molecular weight excluding hydrogens is 188 g/mol. The molecule has 0 radical (unpaired) electrons. The third kappa shape index (κ3) is 2.43. The van der Waals surface area contributed by atoms with E-state index >= 15 is 0 Å². The van der Waals surface area contributed by atoms with Crippen molar-refractivity contribution >= 4 is 22.6 Å². The van der Waals surface area contributed by atoms with Crippen LogP contribution in [0.25, 0.3) is 0 Å². The Labute approximate surface area is 79.6 Å². The second-order valence-electron chi connectivity index (χ2n) is 2.86. The Morgan fingerprint density at radius 1 is 1.38 bits per heavy atom. The van der Waals surface area contributed by atoms with Crippen molar-refractivity contribution in [2.24, 2.45) is 0 Å². The molecule has 0 aliphatic carbocycles. The number of hydrogen-bond donors (Lipinski definition) is 2. The van der Waals surface area contributed by atoms with Crippen LogP contribution in [0.2, 0.25) is 0 Å². The SMILES string of the molecule is Cc1cc(NS(=O)[O-])cc(C)c1N. The molecule has 0 saturated heterocycles. The summed E-state index contributed by atoms with van der Waals surface area (Å²) >= 11 is -2.28. The van der Waals surface area contributed by atoms with Gasteiger partial charge in [-0.05, 0) is 37.1 Å². The highest BCUT2D eigenvalue weighted by Crippen LogP contribution is 2.21. The van der Waals surface area contributed by atoms with Crippen molar-refractivity contribution in [1.29, 1.82) is 0 Å². The second-order valence-corrected chi connectivity index (χ2v) is 3.53. The van der Waals surface area contributed by atoms with Crippen LogP contribution in [-0.4, -0.2) is 8.76 Å². The van der Waals surface area contributed by atoms with Gasteiger partial charge >= 0.3 is 0 Å². The zero-order chi connectivity index (χ0) is 10.0. The minimum atomic E-state index is -2.28. The summed E-state index contributed by atoms with van der Waals surface area (Å²) in [4.78, 5) is 0. The Morgan fingerprint density at radius 2 is 1.85 bits per heavy atom. The summed E-state index contributed by atoms with van der Waals surface area (Å²) in [5.41, 5.74) is 8.67. The first-order chi connectivity index (χ1) is 6.00. The van der Waals surface area contributed by atoms with Crippen molar-refractivity contribution in [3.05, 3.63) is 23.3 Å². The molecule has 1 rings (SSSR count). The van der Waals surface area contributed by atoms with Crippen molar-refractivity contribution in [2.45, 2.75) is 13.8 Å². The maximum absolute atomic E-state index is 10.3. The summed E-state index contributed by atoms with van der Waals surface area (Å²) in [5.74, 6) is 0. The molecule has 0 aromatic heterocycles. The summed E-state index contributed by atoms with van der Waals surface area (Å²) in [5, 5.41) is 0. The fraction of sp³-hybridized carbons (Fsp3) is 0.250. The Hall–Kier alpha value is -1.07. The van der Waals surface area contributed by atoms with E-state index in [9.17, 15) is 8.76 Å². The maximum atomic E-state index is 10.3. The molecule has 0 aliphatic rings. The lowest BCUT2D eigenvalue weighted by Crippen LogP contribution is -2.04. The molecule has 72 valence electrons. The van der Waals surface area contributed by atoms with Crippen molar-refractivity contribution < 1.29 is 8.76 Å². The van der Waals surface area contributed by atoms with E-state index in [1.54, 1.807) is 12.1 Å². The summed E-state index contributed by atoms with van der Waals surface area (Å²) in [6.45, 7) is 3.67. The molecule has 3 N–H and O–H groups in total. The third-order valence-electron chi connectivity index (χ3n) is 1.79. The lowest BCUT2D eigenvalue weighted by molar-refractivity contribution is 0.542. The predicted molar refractivity (Wildman–Crippen MR) is 52.9 cm³/mol. The molecular formula is C8H11N2O2S-. The predicted octanol–water partition coefficient (Wildman–Crippen LogP) is 1.09. The first-order valence-corrected chi connectivity index (χ1v) is 4.81. The van der Waals surface area contributed by atoms with E-state index in [0.717, 1.165) is 11.1 Å². The van der Waals surface area contributed by atoms with Gasteiger partial charge in [0.05, 0.1) is 0 Å². The smallest absolute Gasteiger partial charge is 0.0459 e. The Kier molecular flexibility index (Phi) is 2.90. The lowest BCUT2D eigenvalue weighted by Gasteiger charge is -2.12. The number of anilines is 2. The molecule has 0 bridgehead atoms. The fourth-order valence-electron chi connectivity index (χ4n) is 1.13. The number of aryl methyl sites for hydroxylation is 2. The second kappa shape index (κ2) is 3.76. The van der Waals surface area contributed by atoms with Gasteiger partial charge in [-0.1, -0.05) is 0 Å². The molecule has 0 fully saturated rings. The third-order valence-corrected chi connectivity index (χ3v) is 2.20. The van der Waals surface area contributed by atoms with Gasteiger partial charge in [-0.2, -0.15) is 0 Å². The fourth-order valence-corrected chi connectivity index (χ4v) is 1.44. The Morgan fingerprint density at radius 3 is 2.23 bits per heavy atom. The van der Waals surface area contributed by atoms with E-state index in [1.165, 1.54) is 0 Å². The molecule has 1 aromatic rings. The first kappa shape index (κ1) is 10.0. The van der Waals surface area contributed by atoms with Gasteiger partial charge in [0.15, 0.2) is 0 Å². The maximum Gasteiger partial charge on any atom is 0.0459 e. The molecule has 4 nitrogen and oxygen atoms in total. The Balaban J connectivity index is 3.06. The van der Waals surface area contributed by atoms with Crippen LogP contribution in [0.15, 0.2) is 12.1 Å². The molecule has 5 heteroatoms. The van der Waals surface area contributed by atoms with Crippen LogP contribution in [-0.2, 0) is 11.3 Å². The number of hydrogen-bond acceptors (Lipinski definition) is 3. The lowest BCUT2D eigenvalue weighted by atomic mass is 10.1. The van der Waals surface area contributed by atoms with Gasteiger partial charge in [0.25, 0.3) is 0 Å². The number of rotatable bonds is 2. The molecule has 0 aliphatic heterocycles. The van der Waals surface area contributed by atoms with Gasteiger partial charge in [0.1, 0.15) is 0 Å². The van der Waals surface area contributed by atoms with Crippen molar-refractivity contribution in [1.82, 2.24) is 0 Å². The van der Waals surface area contributed by atoms with Crippen LogP contribution in [0.4, 0.5) is 11.4 Å². The number of nitrogens with two attached hydrogens (primary N) is 1. The molecule has 0 spiro atoms. The summed E-state index contributed by atoms with van der Waals surface area (Å²) in [7, 11) is 0. The molecule has 1 atom stereocenters. The first-order valence-electron chi connectivity index (χ1n) is 3.73. The Bertz CT molecular complexity index is 329. The van der Waals surface area contributed by atoms with E-state index in [0.29, 0.717) is 11.4 Å². The number of benzene rings is 1. The highest BCUT2D eigenvalue weighted by atomic mass is 32.2. The van der Waals surface area contributed by atoms with Crippen molar-refractivity contribution in [2.75, 3.05) is 10.5 Å². The summed E-state index contributed by atoms with van der Waals surface area (Å²) < 4.78 is 22.9. The van der Waals surface area contributed by atoms with Crippen LogP contribution in [0.1, 0.15) is 11.1 Å². The van der Waals surface area contributed by atoms with E-state index in [1.807, 2.05) is 13.8 Å². The summed E-state index contributed by atoms with van der Waals surface area (Å²) in [6, 6.07) is 3.39. The highest BCUT2D eigenvalue weighted by molar-refractivity contribution is 7.80. The zero-order valence-corrected chi connectivity index (χ0v) is 8.27. The van der Waals surface area contributed by atoms with Gasteiger partial charge in [-0.15, -0.1) is 0 Å². The molecule has 0 amide bonds. The van der Waals surface area contributed by atoms with Gasteiger partial charge in [-0.3, -0.25) is 4.21 Å². The quantitative estimate of drug-likeness (QED) is 0.553. The van der Waals surface area contributed by atoms with Crippen LogP contribution in [0, 0.1) is 13.8 Å². The average molecular weight is 199 g/mol. The van der Waals surface area contributed by atoms with Crippen molar-refractivity contribution in [3.63, 3.8) is 0 Å². The minimum absolute atomic E-state index is 0.539. The van der Waals surface area contributed by atoms with Gasteiger partial charge < -0.3 is 15.0 Å². The van der Waals surface area contributed by atoms with E-state index < -0.39 is 11.3 Å². The molecule has 1 aromatic carbocycles. The largest absolute Gasteiger partial charge is 0.755 e. The van der Waals surface area contributed by atoms with Crippen LogP contribution in [0.3, 0.4) is 0 Å². The molecule has 0 saturated carbocycles. The van der Waals surface area contributed by atoms with Gasteiger partial charge in [-0.25, -0.2) is 0 Å². The standard InChI is InChI=1S/C8H12N2O2S/c1-5-3-7(10-13(11)12)4-6(2)8(5)9/h3-4,10H,9H2,1-2H3,(H,11,12)/p-1. The normalized spacial score (nSPS) is 12.5. The van der Waals surface area contributed by atoms with E-state index in [2.05, 4.69) is 4.72 Å². The average Bonchev–Trinajstić information content (AvgIpc) is 1.98. The van der Waals surface area contributed by atoms with Gasteiger partial charge in [0, 0.05) is 22.6 Å². The summed E-state index contributed by atoms with van der Waals surface area (Å²) in [6.07, 6.45) is 0. The zero-order valence-electron chi connectivity index (χ0n) is 7.46. The molecule has 0 heterocycles. The number of nitrogens with one attached hydrogen (secondary N) is 1. The van der Waals surface area contributed by atoms with Crippen molar-refractivity contribution in [3.8, 4) is 0 Å². The van der Waals surface area contributed by atoms with Gasteiger partial charge in [0.2, 0.25) is 0 Å². The van der Waals surface area contributed by atoms with E-state index in [4.69, 9.17) is 5.73 Å². The van der Waals surface area contributed by atoms with Crippen LogP contribution >= 0.6 is 0 Å². The van der Waals surface area contributed by atoms with Crippen LogP contribution in [0.5, 0.6) is 0 Å². The number of nitrogen functional groups attached to an aromatic ring is 1. The van der Waals surface area contributed by atoms with E-state index in [-0.39, 0.29) is 0 Å². The molecule has 1 unspecified atom stereocenters.